The van der Waals surface area contributed by atoms with Crippen LogP contribution in [0.5, 0.6) is 0 Å². The van der Waals surface area contributed by atoms with Crippen molar-refractivity contribution in [2.45, 2.75) is 12.5 Å². The van der Waals surface area contributed by atoms with Crippen molar-refractivity contribution in [3.8, 4) is 11.1 Å². The second kappa shape index (κ2) is 6.55. The molecule has 0 N–H and O–H groups in total. The highest BCUT2D eigenvalue weighted by Crippen LogP contribution is 2.22. The first-order chi connectivity index (χ1) is 10.3. The largest absolute Gasteiger partial charge is 0.0663 e. The van der Waals surface area contributed by atoms with Crippen LogP contribution in [-0.4, -0.2) is 9.52 Å². The second-order valence-corrected chi connectivity index (χ2v) is 8.03. The number of benzene rings is 3. The van der Waals surface area contributed by atoms with Crippen LogP contribution in [0.3, 0.4) is 0 Å². The molecule has 3 aromatic rings. The summed E-state index contributed by atoms with van der Waals surface area (Å²) in [5.41, 5.74) is 4.73. The molecule has 0 heterocycles. The Hall–Kier alpha value is -2.12. The molecule has 0 aliphatic carbocycles. The summed E-state index contributed by atoms with van der Waals surface area (Å²) < 4.78 is 0. The zero-order valence-electron chi connectivity index (χ0n) is 12.4. The molecule has 21 heavy (non-hydrogen) atoms. The fourth-order valence-corrected chi connectivity index (χ4v) is 4.48. The molecule has 1 heteroatoms. The highest BCUT2D eigenvalue weighted by molar-refractivity contribution is 6.54. The summed E-state index contributed by atoms with van der Waals surface area (Å²) in [6.45, 7) is 2.36. The van der Waals surface area contributed by atoms with Crippen LogP contribution in [0.1, 0.15) is 18.0 Å². The molecule has 0 fully saturated rings. The van der Waals surface area contributed by atoms with Gasteiger partial charge in [-0.2, -0.15) is 0 Å². The third-order valence-electron chi connectivity index (χ3n) is 3.97. The molecule has 0 nitrogen and oxygen atoms in total. The first-order valence-electron chi connectivity index (χ1n) is 7.52. The first-order valence-corrected chi connectivity index (χ1v) is 9.04. The van der Waals surface area contributed by atoms with E-state index in [1.54, 1.807) is 0 Å². The molecule has 0 amide bonds. The number of rotatable bonds is 4. The lowest BCUT2D eigenvalue weighted by molar-refractivity contribution is 1.07. The van der Waals surface area contributed by atoms with Crippen molar-refractivity contribution in [1.29, 1.82) is 0 Å². The van der Waals surface area contributed by atoms with Gasteiger partial charge in [0.2, 0.25) is 0 Å². The van der Waals surface area contributed by atoms with Crippen LogP contribution < -0.4 is 5.19 Å². The van der Waals surface area contributed by atoms with E-state index in [0.717, 1.165) is 0 Å². The summed E-state index contributed by atoms with van der Waals surface area (Å²) in [5.74, 6) is 0. The zero-order chi connectivity index (χ0) is 14.5. The van der Waals surface area contributed by atoms with Crippen LogP contribution in [0.15, 0.2) is 84.9 Å². The van der Waals surface area contributed by atoms with E-state index in [-0.39, 0.29) is 9.52 Å². The lowest BCUT2D eigenvalue weighted by atomic mass is 10.0. The molecule has 0 aliphatic heterocycles. The third kappa shape index (κ3) is 3.50. The quantitative estimate of drug-likeness (QED) is 0.639. The summed E-state index contributed by atoms with van der Waals surface area (Å²) in [6.07, 6.45) is 0. The van der Waals surface area contributed by atoms with Crippen molar-refractivity contribution in [1.82, 2.24) is 0 Å². The van der Waals surface area contributed by atoms with Crippen LogP contribution in [-0.2, 0) is 0 Å². The van der Waals surface area contributed by atoms with Gasteiger partial charge in [-0.25, -0.2) is 0 Å². The Kier molecular flexibility index (Phi) is 4.32. The SMILES string of the molecule is CC([SiH2]c1ccccc1)c1ccc(-c2ccccc2)cc1. The van der Waals surface area contributed by atoms with E-state index >= 15 is 0 Å². The van der Waals surface area contributed by atoms with E-state index in [4.69, 9.17) is 0 Å². The summed E-state index contributed by atoms with van der Waals surface area (Å²) in [7, 11) is -0.260. The predicted molar refractivity (Wildman–Crippen MR) is 94.9 cm³/mol. The van der Waals surface area contributed by atoms with E-state index in [2.05, 4.69) is 91.9 Å². The second-order valence-electron chi connectivity index (χ2n) is 5.58. The van der Waals surface area contributed by atoms with E-state index in [9.17, 15) is 0 Å². The highest BCUT2D eigenvalue weighted by atomic mass is 28.2. The molecule has 0 bridgehead atoms. The Morgan fingerprint density at radius 3 is 1.76 bits per heavy atom. The van der Waals surface area contributed by atoms with Crippen molar-refractivity contribution in [2.75, 3.05) is 0 Å². The van der Waals surface area contributed by atoms with Gasteiger partial charge in [0.1, 0.15) is 0 Å². The maximum absolute atomic E-state index is 2.36. The van der Waals surface area contributed by atoms with E-state index in [0.29, 0.717) is 5.54 Å². The molecule has 0 saturated heterocycles. The van der Waals surface area contributed by atoms with Gasteiger partial charge in [0, 0.05) is 0 Å². The molecule has 0 aromatic heterocycles. The van der Waals surface area contributed by atoms with Crippen LogP contribution in [0.25, 0.3) is 11.1 Å². The van der Waals surface area contributed by atoms with Crippen LogP contribution in [0.2, 0.25) is 0 Å². The smallest absolute Gasteiger partial charge is 0.0620 e. The fraction of sp³-hybridized carbons (Fsp3) is 0.100. The van der Waals surface area contributed by atoms with Gasteiger partial charge in [0.05, 0.1) is 9.52 Å². The summed E-state index contributed by atoms with van der Waals surface area (Å²) >= 11 is 0. The average Bonchev–Trinajstić information content (AvgIpc) is 2.57. The Bertz CT molecular complexity index is 672. The Balaban J connectivity index is 1.75. The van der Waals surface area contributed by atoms with Crippen molar-refractivity contribution in [3.05, 3.63) is 90.5 Å². The van der Waals surface area contributed by atoms with Crippen molar-refractivity contribution in [2.24, 2.45) is 0 Å². The maximum Gasteiger partial charge on any atom is 0.0620 e. The first kappa shape index (κ1) is 13.8. The van der Waals surface area contributed by atoms with Crippen molar-refractivity contribution < 1.29 is 0 Å². The zero-order valence-corrected chi connectivity index (χ0v) is 13.8. The van der Waals surface area contributed by atoms with Crippen molar-refractivity contribution >= 4 is 14.7 Å². The van der Waals surface area contributed by atoms with Crippen LogP contribution in [0, 0.1) is 0 Å². The molecule has 3 aromatic carbocycles. The molecule has 0 spiro atoms. The van der Waals surface area contributed by atoms with E-state index < -0.39 is 0 Å². The topological polar surface area (TPSA) is 0 Å². The van der Waals surface area contributed by atoms with Gasteiger partial charge in [-0.15, -0.1) is 0 Å². The minimum Gasteiger partial charge on any atom is -0.0663 e. The molecule has 1 atom stereocenters. The minimum atomic E-state index is -0.260. The number of hydrogen-bond acceptors (Lipinski definition) is 0. The van der Waals surface area contributed by atoms with Crippen LogP contribution >= 0.6 is 0 Å². The predicted octanol–water partition coefficient (Wildman–Crippen LogP) is 3.91. The summed E-state index contributed by atoms with van der Waals surface area (Å²) in [6, 6.07) is 30.6. The average molecular weight is 288 g/mol. The molecule has 0 saturated carbocycles. The van der Waals surface area contributed by atoms with Crippen LogP contribution in [0.4, 0.5) is 0 Å². The van der Waals surface area contributed by atoms with Crippen molar-refractivity contribution in [3.63, 3.8) is 0 Å². The standard InChI is InChI=1S/C20H20Si/c1-16(21-20-10-6-3-7-11-20)17-12-14-19(15-13-17)18-8-4-2-5-9-18/h2-16H,21H2,1H3. The Morgan fingerprint density at radius 2 is 1.14 bits per heavy atom. The van der Waals surface area contributed by atoms with E-state index in [1.165, 1.54) is 21.9 Å². The third-order valence-corrected chi connectivity index (χ3v) is 6.00. The summed E-state index contributed by atoms with van der Waals surface area (Å²) in [4.78, 5) is 0. The molecule has 0 radical (unpaired) electrons. The maximum atomic E-state index is 2.36. The van der Waals surface area contributed by atoms with Gasteiger partial charge in [-0.1, -0.05) is 97.0 Å². The minimum absolute atomic E-state index is 0.260. The van der Waals surface area contributed by atoms with Gasteiger partial charge in [0.25, 0.3) is 0 Å². The normalized spacial score (nSPS) is 12.6. The lowest BCUT2D eigenvalue weighted by Crippen LogP contribution is -2.19. The molecule has 0 aliphatic rings. The Morgan fingerprint density at radius 1 is 0.619 bits per heavy atom. The monoisotopic (exact) mass is 288 g/mol. The van der Waals surface area contributed by atoms with E-state index in [1.807, 2.05) is 0 Å². The van der Waals surface area contributed by atoms with Gasteiger partial charge in [-0.05, 0) is 22.2 Å². The lowest BCUT2D eigenvalue weighted by Gasteiger charge is -2.12. The molecule has 3 rings (SSSR count). The molecule has 104 valence electrons. The summed E-state index contributed by atoms with van der Waals surface area (Å²) in [5, 5.41) is 1.54. The molecular weight excluding hydrogens is 268 g/mol. The Labute approximate surface area is 129 Å². The van der Waals surface area contributed by atoms with Gasteiger partial charge in [0.15, 0.2) is 0 Å². The van der Waals surface area contributed by atoms with Gasteiger partial charge in [-0.3, -0.25) is 0 Å². The highest BCUT2D eigenvalue weighted by Gasteiger charge is 2.07. The number of hydrogen-bond donors (Lipinski definition) is 0. The fourth-order valence-electron chi connectivity index (χ4n) is 2.72. The molecule has 1 unspecified atom stereocenters. The molecular formula is C20H20Si. The van der Waals surface area contributed by atoms with Gasteiger partial charge >= 0.3 is 0 Å². The van der Waals surface area contributed by atoms with Gasteiger partial charge < -0.3 is 0 Å².